The number of amides is 2. The lowest BCUT2D eigenvalue weighted by Crippen LogP contribution is -2.40. The third kappa shape index (κ3) is 20.8. The summed E-state index contributed by atoms with van der Waals surface area (Å²) in [5, 5.41) is 34.6. The second kappa shape index (κ2) is 24.1. The largest absolute Gasteiger partial charge is 0.444 e. The molecule has 0 spiro atoms. The Morgan fingerprint density at radius 1 is 0.796 bits per heavy atom. The molecule has 304 valence electrons. The predicted molar refractivity (Wildman–Crippen MR) is 214 cm³/mol. The molecule has 0 unspecified atom stereocenters. The lowest BCUT2D eigenvalue weighted by Gasteiger charge is -2.33. The fourth-order valence-electron chi connectivity index (χ4n) is 5.39. The Morgan fingerprint density at radius 2 is 1.20 bits per heavy atom. The molecular weight excluding hydrogens is 837 g/mol. The molecule has 1 aliphatic carbocycles. The molecule has 1 saturated heterocycles. The van der Waals surface area contributed by atoms with E-state index in [0.717, 1.165) is 44.6 Å². The van der Waals surface area contributed by atoms with Gasteiger partial charge in [0.2, 0.25) is 5.82 Å². The van der Waals surface area contributed by atoms with Gasteiger partial charge in [0.1, 0.15) is 16.9 Å². The molecule has 0 atom stereocenters. The van der Waals surface area contributed by atoms with Crippen molar-refractivity contribution in [3.05, 3.63) is 71.4 Å². The van der Waals surface area contributed by atoms with Crippen LogP contribution in [0.2, 0.25) is 0 Å². The Kier molecular flexibility index (Phi) is 21.6. The van der Waals surface area contributed by atoms with Gasteiger partial charge < -0.3 is 30.1 Å². The van der Waals surface area contributed by atoms with E-state index in [4.69, 9.17) is 14.6 Å². The summed E-state index contributed by atoms with van der Waals surface area (Å²) >= 11 is 6.27. The quantitative estimate of drug-likeness (QED) is 0.179. The molecule has 54 heavy (non-hydrogen) atoms. The van der Waals surface area contributed by atoms with Crippen LogP contribution in [0.1, 0.15) is 93.4 Å². The second-order valence-corrected chi connectivity index (χ2v) is 16.6. The van der Waals surface area contributed by atoms with Gasteiger partial charge in [-0.3, -0.25) is 20.2 Å². The topological polar surface area (TPSA) is 186 Å². The van der Waals surface area contributed by atoms with Crippen LogP contribution in [0.15, 0.2) is 45.3 Å². The maximum Gasteiger partial charge on any atom is 0.407 e. The highest BCUT2D eigenvalue weighted by molar-refractivity contribution is 9.10. The van der Waals surface area contributed by atoms with E-state index in [-0.39, 0.29) is 23.3 Å². The van der Waals surface area contributed by atoms with Gasteiger partial charge in [-0.05, 0) is 110 Å². The van der Waals surface area contributed by atoms with E-state index in [1.54, 1.807) is 13.0 Å². The number of rotatable bonds is 7. The number of aliphatic hydroxyl groups is 1. The minimum atomic E-state index is -0.821. The first kappa shape index (κ1) is 48.4. The van der Waals surface area contributed by atoms with Crippen molar-refractivity contribution in [2.24, 2.45) is 11.8 Å². The normalized spacial score (nSPS) is 14.8. The Balaban J connectivity index is 0.000000426. The Morgan fingerprint density at radius 3 is 1.61 bits per heavy atom. The van der Waals surface area contributed by atoms with Crippen molar-refractivity contribution >= 4 is 61.1 Å². The number of hydrogen-bond donors (Lipinski definition) is 3. The van der Waals surface area contributed by atoms with Crippen LogP contribution in [-0.4, -0.2) is 71.1 Å². The fourth-order valence-corrected chi connectivity index (χ4v) is 6.09. The van der Waals surface area contributed by atoms with Gasteiger partial charge in [-0.2, -0.15) is 4.39 Å². The molecule has 2 aliphatic rings. The lowest BCUT2D eigenvalue weighted by atomic mass is 9.89. The monoisotopic (exact) mass is 891 g/mol. The predicted octanol–water partition coefficient (Wildman–Crippen LogP) is 9.68. The number of carbonyl (C=O) groups is 2. The number of anilines is 1. The Hall–Kier alpha value is -3.57. The lowest BCUT2D eigenvalue weighted by molar-refractivity contribution is -0.387. The number of piperidine rings is 1. The number of nitro benzene ring substituents is 2. The first-order chi connectivity index (χ1) is 25.1. The van der Waals surface area contributed by atoms with Gasteiger partial charge in [0.05, 0.1) is 9.85 Å². The number of nitrogens with zero attached hydrogens (tertiary/aromatic N) is 3. The second-order valence-electron chi connectivity index (χ2n) is 14.8. The number of alkyl carbamates (subject to hydrolysis) is 2. The third-order valence-electron chi connectivity index (χ3n) is 7.79. The molecule has 1 saturated carbocycles. The van der Waals surface area contributed by atoms with Crippen molar-refractivity contribution < 1.29 is 38.4 Å². The highest BCUT2D eigenvalue weighted by atomic mass is 79.9. The van der Waals surface area contributed by atoms with E-state index >= 15 is 0 Å². The molecule has 17 heteroatoms. The summed E-state index contributed by atoms with van der Waals surface area (Å²) in [7, 11) is 0. The average Bonchev–Trinajstić information content (AvgIpc) is 3.07. The Labute approximate surface area is 334 Å². The number of ether oxygens (including phenoxy) is 2. The first-order valence-electron chi connectivity index (χ1n) is 18.0. The molecule has 2 aromatic rings. The van der Waals surface area contributed by atoms with Crippen LogP contribution in [-0.2, 0) is 9.47 Å². The van der Waals surface area contributed by atoms with Gasteiger partial charge in [0.15, 0.2) is 0 Å². The van der Waals surface area contributed by atoms with Crippen LogP contribution in [0.5, 0.6) is 0 Å². The van der Waals surface area contributed by atoms with Gasteiger partial charge in [-0.15, -0.1) is 0 Å². The van der Waals surface area contributed by atoms with Crippen LogP contribution in [0.3, 0.4) is 0 Å². The number of benzene rings is 2. The molecule has 0 bridgehead atoms. The van der Waals surface area contributed by atoms with Crippen molar-refractivity contribution in [1.82, 2.24) is 10.6 Å². The van der Waals surface area contributed by atoms with E-state index in [2.05, 4.69) is 42.5 Å². The molecular formula is C37H56Br2FN5O9. The number of halogens is 3. The zero-order valence-corrected chi connectivity index (χ0v) is 35.5. The van der Waals surface area contributed by atoms with Gasteiger partial charge in [0, 0.05) is 53.9 Å². The van der Waals surface area contributed by atoms with Crippen molar-refractivity contribution in [3.63, 3.8) is 0 Å². The summed E-state index contributed by atoms with van der Waals surface area (Å²) < 4.78 is 24.2. The zero-order chi connectivity index (χ0) is 41.1. The maximum absolute atomic E-state index is 12.6. The number of carbonyl (C=O) groups excluding carboxylic acids is 2. The van der Waals surface area contributed by atoms with Gasteiger partial charge in [0.25, 0.3) is 5.69 Å². The van der Waals surface area contributed by atoms with E-state index in [1.807, 2.05) is 52.5 Å². The third-order valence-corrected chi connectivity index (χ3v) is 8.77. The van der Waals surface area contributed by atoms with Crippen LogP contribution in [0, 0.1) is 37.9 Å². The van der Waals surface area contributed by atoms with Gasteiger partial charge in [-0.25, -0.2) is 9.59 Å². The minimum absolute atomic E-state index is 0.111. The summed E-state index contributed by atoms with van der Waals surface area (Å²) in [6, 6.07) is 8.70. The first-order valence-corrected chi connectivity index (χ1v) is 19.6. The molecule has 2 fully saturated rings. The van der Waals surface area contributed by atoms with Crippen molar-refractivity contribution in [2.45, 2.75) is 105 Å². The molecule has 0 radical (unpaired) electrons. The standard InChI is InChI=1S/C17H24BrN3O4.C12H23NO2.C6H3BrFNO2.C2H6O/c1-17(2,3)25-16(22)19-11-12-6-8-20(9-7-12)14-5-4-13(18)10-15(14)21(23)24;1-12(2,3)15-11(14)13-9-10-7-5-4-6-8-10;7-4-1-2-5(8)6(3-4)9(10)11;1-2-3/h4-5,10,12H,6-9,11H2,1-3H3,(H,19,22);10H,4-9H2,1-3H3,(H,13,14);1-3H;3H,2H2,1H3. The fraction of sp³-hybridized carbons (Fsp3) is 0.622. The molecule has 3 N–H and O–H groups in total. The molecule has 14 nitrogen and oxygen atoms in total. The zero-order valence-electron chi connectivity index (χ0n) is 32.3. The Bertz CT molecular complexity index is 1490. The number of nitrogens with one attached hydrogen (secondary N) is 2. The van der Waals surface area contributed by atoms with E-state index in [1.165, 1.54) is 44.2 Å². The van der Waals surface area contributed by atoms with Crippen LogP contribution >= 0.6 is 31.9 Å². The summed E-state index contributed by atoms with van der Waals surface area (Å²) in [5.41, 5.74) is -0.657. The van der Waals surface area contributed by atoms with E-state index in [0.29, 0.717) is 33.0 Å². The highest BCUT2D eigenvalue weighted by Crippen LogP contribution is 2.33. The smallest absolute Gasteiger partial charge is 0.407 e. The molecule has 0 aromatic heterocycles. The van der Waals surface area contributed by atoms with Crippen molar-refractivity contribution in [2.75, 3.05) is 37.7 Å². The van der Waals surface area contributed by atoms with Gasteiger partial charge >= 0.3 is 17.9 Å². The number of aliphatic hydroxyl groups excluding tert-OH is 1. The molecule has 1 aliphatic heterocycles. The minimum Gasteiger partial charge on any atom is -0.444 e. The molecule has 2 aromatic carbocycles. The van der Waals surface area contributed by atoms with Gasteiger partial charge in [-0.1, -0.05) is 51.1 Å². The van der Waals surface area contributed by atoms with E-state index < -0.39 is 33.7 Å². The maximum atomic E-state index is 12.6. The summed E-state index contributed by atoms with van der Waals surface area (Å²) in [6.07, 6.45) is 7.49. The molecule has 1 heterocycles. The van der Waals surface area contributed by atoms with Crippen LogP contribution < -0.4 is 15.5 Å². The molecule has 2 amide bonds. The van der Waals surface area contributed by atoms with Crippen molar-refractivity contribution in [1.29, 1.82) is 0 Å². The van der Waals surface area contributed by atoms with E-state index in [9.17, 15) is 34.2 Å². The average molecular weight is 894 g/mol. The van der Waals surface area contributed by atoms with Crippen LogP contribution in [0.4, 0.5) is 31.0 Å². The SMILES string of the molecule is CC(C)(C)OC(=O)NCC1CCCCC1.CC(C)(C)OC(=O)NCC1CCN(c2ccc(Br)cc2[N+](=O)[O-])CC1.CCO.O=[N+]([O-])c1cc(Br)ccc1F. The highest BCUT2D eigenvalue weighted by Gasteiger charge is 2.26. The molecule has 4 rings (SSSR count). The number of nitro groups is 2. The summed E-state index contributed by atoms with van der Waals surface area (Å²) in [5.74, 6) is 0.183. The van der Waals surface area contributed by atoms with Crippen LogP contribution in [0.25, 0.3) is 0 Å². The van der Waals surface area contributed by atoms with Crippen molar-refractivity contribution in [3.8, 4) is 0 Å². The summed E-state index contributed by atoms with van der Waals surface area (Å²) in [4.78, 5) is 45.4. The number of hydrogen-bond acceptors (Lipinski definition) is 10. The summed E-state index contributed by atoms with van der Waals surface area (Å²) in [6.45, 7) is 15.8.